The van der Waals surface area contributed by atoms with Crippen molar-refractivity contribution in [3.8, 4) is 0 Å². The van der Waals surface area contributed by atoms with Gasteiger partial charge in [-0.15, -0.1) is 0 Å². The van der Waals surface area contributed by atoms with E-state index < -0.39 is 5.79 Å². The average Bonchev–Trinajstić information content (AvgIpc) is 2.15. The molecule has 0 aromatic heterocycles. The summed E-state index contributed by atoms with van der Waals surface area (Å²) in [4.78, 5) is 0. The summed E-state index contributed by atoms with van der Waals surface area (Å²) in [5.41, 5.74) is 17.8. The third-order valence-electron chi connectivity index (χ3n) is 2.26. The van der Waals surface area contributed by atoms with E-state index in [1.54, 1.807) is 0 Å². The van der Waals surface area contributed by atoms with Crippen LogP contribution in [-0.4, -0.2) is 0 Å². The average molecular weight is 187 g/mol. The van der Waals surface area contributed by atoms with Crippen LogP contribution in [0, 0.1) is 0 Å². The Hall–Kier alpha value is -1.42. The Balaban J connectivity index is 2.78. The molecular weight excluding hydrogens is 174 g/mol. The first-order valence-electron chi connectivity index (χ1n) is 4.44. The maximum Gasteiger partial charge on any atom is 0.143 e. The van der Waals surface area contributed by atoms with Crippen LogP contribution in [0.1, 0.15) is 5.56 Å². The summed E-state index contributed by atoms with van der Waals surface area (Å²) < 4.78 is 0. The van der Waals surface area contributed by atoms with Gasteiger partial charge in [-0.1, -0.05) is 42.5 Å². The smallest absolute Gasteiger partial charge is 0.143 e. The summed E-state index contributed by atoms with van der Waals surface area (Å²) in [6, 6.07) is 13.6. The van der Waals surface area contributed by atoms with Crippen molar-refractivity contribution in [1.29, 1.82) is 0 Å². The lowest BCUT2D eigenvalue weighted by molar-refractivity contribution is 0.493. The zero-order valence-electron chi connectivity index (χ0n) is 7.77. The molecule has 0 amide bonds. The van der Waals surface area contributed by atoms with E-state index in [1.165, 1.54) is 0 Å². The highest BCUT2D eigenvalue weighted by Crippen LogP contribution is 2.21. The summed E-state index contributed by atoms with van der Waals surface area (Å²) in [6.07, 6.45) is 0. The summed E-state index contributed by atoms with van der Waals surface area (Å²) in [6.45, 7) is 0. The number of rotatable bonds is 1. The van der Waals surface area contributed by atoms with Crippen molar-refractivity contribution < 1.29 is 0 Å². The zero-order valence-corrected chi connectivity index (χ0v) is 7.77. The van der Waals surface area contributed by atoms with Gasteiger partial charge in [0.05, 0.1) is 0 Å². The van der Waals surface area contributed by atoms with Crippen molar-refractivity contribution in [2.24, 2.45) is 17.2 Å². The highest BCUT2D eigenvalue weighted by Gasteiger charge is 2.17. The largest absolute Gasteiger partial charge is 0.297 e. The van der Waals surface area contributed by atoms with E-state index in [9.17, 15) is 0 Å². The lowest BCUT2D eigenvalue weighted by Crippen LogP contribution is -2.54. The summed E-state index contributed by atoms with van der Waals surface area (Å²) in [5.74, 6) is -1.28. The number of hydrogen-bond acceptors (Lipinski definition) is 3. The van der Waals surface area contributed by atoms with Crippen LogP contribution in [0.25, 0.3) is 10.8 Å². The second-order valence-electron chi connectivity index (χ2n) is 3.46. The molecule has 0 saturated carbocycles. The number of benzene rings is 2. The Kier molecular flexibility index (Phi) is 2.00. The van der Waals surface area contributed by atoms with Crippen LogP contribution in [0.2, 0.25) is 0 Å². The van der Waals surface area contributed by atoms with Gasteiger partial charge < -0.3 is 0 Å². The quantitative estimate of drug-likeness (QED) is 0.578. The fourth-order valence-electron chi connectivity index (χ4n) is 1.60. The van der Waals surface area contributed by atoms with E-state index in [-0.39, 0.29) is 0 Å². The van der Waals surface area contributed by atoms with Gasteiger partial charge in [0.25, 0.3) is 0 Å². The number of hydrogen-bond donors (Lipinski definition) is 3. The van der Waals surface area contributed by atoms with E-state index in [4.69, 9.17) is 17.2 Å². The lowest BCUT2D eigenvalue weighted by atomic mass is 10.0. The molecule has 0 atom stereocenters. The molecule has 3 nitrogen and oxygen atoms in total. The van der Waals surface area contributed by atoms with Crippen LogP contribution in [0.4, 0.5) is 0 Å². The normalized spacial score (nSPS) is 11.9. The third-order valence-corrected chi connectivity index (χ3v) is 2.26. The highest BCUT2D eigenvalue weighted by molar-refractivity contribution is 5.86. The standard InChI is InChI=1S/C11H13N3/c12-11(13,14)10-7-3-5-8-4-1-2-6-9(8)10/h1-7H,12-14H2. The Morgan fingerprint density at radius 1 is 0.786 bits per heavy atom. The van der Waals surface area contributed by atoms with Gasteiger partial charge in [0.15, 0.2) is 0 Å². The monoisotopic (exact) mass is 187 g/mol. The van der Waals surface area contributed by atoms with Crippen molar-refractivity contribution >= 4 is 10.8 Å². The molecule has 0 aliphatic rings. The second kappa shape index (κ2) is 3.06. The molecule has 0 aliphatic heterocycles. The van der Waals surface area contributed by atoms with Gasteiger partial charge in [-0.2, -0.15) is 0 Å². The third kappa shape index (κ3) is 1.48. The molecule has 2 rings (SSSR count). The summed E-state index contributed by atoms with van der Waals surface area (Å²) in [7, 11) is 0. The first-order valence-corrected chi connectivity index (χ1v) is 4.44. The molecule has 2 aromatic rings. The predicted octanol–water partition coefficient (Wildman–Crippen LogP) is 0.826. The Labute approximate surface area is 82.5 Å². The fraction of sp³-hybridized carbons (Fsp3) is 0.0909. The van der Waals surface area contributed by atoms with Gasteiger partial charge in [0.2, 0.25) is 0 Å². The van der Waals surface area contributed by atoms with E-state index in [0.717, 1.165) is 16.3 Å². The molecule has 6 N–H and O–H groups in total. The topological polar surface area (TPSA) is 78.1 Å². The molecular formula is C11H13N3. The minimum atomic E-state index is -1.28. The highest BCUT2D eigenvalue weighted by atomic mass is 15.1. The van der Waals surface area contributed by atoms with Gasteiger partial charge >= 0.3 is 0 Å². The fourth-order valence-corrected chi connectivity index (χ4v) is 1.60. The summed E-state index contributed by atoms with van der Waals surface area (Å²) >= 11 is 0. The second-order valence-corrected chi connectivity index (χ2v) is 3.46. The number of nitrogens with two attached hydrogens (primary N) is 3. The van der Waals surface area contributed by atoms with Gasteiger partial charge in [0, 0.05) is 5.56 Å². The van der Waals surface area contributed by atoms with E-state index in [1.807, 2.05) is 42.5 Å². The molecule has 2 aromatic carbocycles. The maximum absolute atomic E-state index is 5.68. The Morgan fingerprint density at radius 2 is 1.43 bits per heavy atom. The van der Waals surface area contributed by atoms with Crippen molar-refractivity contribution in [1.82, 2.24) is 0 Å². The van der Waals surface area contributed by atoms with Crippen LogP contribution in [0.15, 0.2) is 42.5 Å². The molecule has 72 valence electrons. The van der Waals surface area contributed by atoms with Crippen LogP contribution in [-0.2, 0) is 5.79 Å². The van der Waals surface area contributed by atoms with Crippen LogP contribution >= 0.6 is 0 Å². The van der Waals surface area contributed by atoms with E-state index in [0.29, 0.717) is 0 Å². The minimum absolute atomic E-state index is 0.760. The molecule has 0 fully saturated rings. The van der Waals surface area contributed by atoms with E-state index in [2.05, 4.69) is 0 Å². The van der Waals surface area contributed by atoms with Gasteiger partial charge in [-0.05, 0) is 10.8 Å². The molecule has 0 bridgehead atoms. The van der Waals surface area contributed by atoms with E-state index >= 15 is 0 Å². The molecule has 0 radical (unpaired) electrons. The van der Waals surface area contributed by atoms with Crippen LogP contribution in [0.5, 0.6) is 0 Å². The molecule has 3 heteroatoms. The number of fused-ring (bicyclic) bond motifs is 1. The van der Waals surface area contributed by atoms with Crippen LogP contribution in [0.3, 0.4) is 0 Å². The molecule has 0 spiro atoms. The predicted molar refractivity (Wildman–Crippen MR) is 58.2 cm³/mol. The van der Waals surface area contributed by atoms with Crippen molar-refractivity contribution in [3.05, 3.63) is 48.0 Å². The van der Waals surface area contributed by atoms with Gasteiger partial charge in [-0.25, -0.2) is 0 Å². The van der Waals surface area contributed by atoms with Crippen LogP contribution < -0.4 is 17.2 Å². The SMILES string of the molecule is NC(N)(N)c1cccc2ccccc12. The minimum Gasteiger partial charge on any atom is -0.297 e. The summed E-state index contributed by atoms with van der Waals surface area (Å²) in [5, 5.41) is 2.10. The van der Waals surface area contributed by atoms with Gasteiger partial charge in [-0.3, -0.25) is 17.2 Å². The lowest BCUT2D eigenvalue weighted by Gasteiger charge is -2.20. The zero-order chi connectivity index (χ0) is 10.2. The maximum atomic E-state index is 5.68. The molecule has 0 aliphatic carbocycles. The van der Waals surface area contributed by atoms with Crippen molar-refractivity contribution in [2.75, 3.05) is 0 Å². The van der Waals surface area contributed by atoms with Crippen molar-refractivity contribution in [3.63, 3.8) is 0 Å². The van der Waals surface area contributed by atoms with Crippen molar-refractivity contribution in [2.45, 2.75) is 5.79 Å². The molecule has 0 saturated heterocycles. The molecule has 0 unspecified atom stereocenters. The molecule has 0 heterocycles. The Bertz CT molecular complexity index is 452. The Morgan fingerprint density at radius 3 is 2.14 bits per heavy atom. The molecule has 14 heavy (non-hydrogen) atoms. The first-order chi connectivity index (χ1) is 6.59. The van der Waals surface area contributed by atoms with Gasteiger partial charge in [0.1, 0.15) is 5.79 Å². The first kappa shape index (κ1) is 9.15.